The van der Waals surface area contributed by atoms with Crippen molar-refractivity contribution in [1.29, 1.82) is 0 Å². The molecule has 0 aliphatic rings. The Labute approximate surface area is 186 Å². The fourth-order valence-electron chi connectivity index (χ4n) is 3.46. The number of carbonyl (C=O) groups excluding carboxylic acids is 1. The van der Waals surface area contributed by atoms with Crippen molar-refractivity contribution in [3.63, 3.8) is 0 Å². The van der Waals surface area contributed by atoms with Gasteiger partial charge >= 0.3 is 12.1 Å². The molecule has 1 aromatic carbocycles. The van der Waals surface area contributed by atoms with Gasteiger partial charge in [-0.3, -0.25) is 4.79 Å². The van der Waals surface area contributed by atoms with E-state index in [4.69, 9.17) is 4.74 Å². The van der Waals surface area contributed by atoms with Crippen LogP contribution in [0.3, 0.4) is 0 Å². The molecule has 1 unspecified atom stereocenters. The van der Waals surface area contributed by atoms with Crippen LogP contribution in [0, 0.1) is 18.8 Å². The normalized spacial score (nSPS) is 13.3. The number of esters is 1. The number of hydrogen-bond donors (Lipinski definition) is 3. The van der Waals surface area contributed by atoms with Crippen LogP contribution in [0.1, 0.15) is 39.7 Å². The maximum absolute atomic E-state index is 13.9. The number of benzene rings is 1. The van der Waals surface area contributed by atoms with Gasteiger partial charge in [0.1, 0.15) is 5.52 Å². The number of carbonyl (C=O) groups is 1. The first-order valence-corrected chi connectivity index (χ1v) is 9.86. The number of hydrogen-bond acceptors (Lipinski definition) is 5. The molecule has 3 rings (SSSR count). The summed E-state index contributed by atoms with van der Waals surface area (Å²) in [6.45, 7) is 2.63. The number of ether oxygens (including phenoxy) is 1. The minimum absolute atomic E-state index is 0.00943. The van der Waals surface area contributed by atoms with Crippen molar-refractivity contribution >= 4 is 16.9 Å². The van der Waals surface area contributed by atoms with E-state index in [1.165, 1.54) is 32.3 Å². The third kappa shape index (κ3) is 4.25. The average molecular weight is 462 g/mol. The minimum Gasteiger partial charge on any atom is -0.462 e. The fraction of sp³-hybridized carbons (Fsp3) is 0.304. The number of alkyl halides is 3. The number of H-pyrrole nitrogens is 1. The van der Waals surface area contributed by atoms with E-state index in [9.17, 15) is 33.0 Å². The molecule has 0 aliphatic carbocycles. The minimum atomic E-state index is -5.19. The number of fused-ring (bicyclic) bond motifs is 1. The van der Waals surface area contributed by atoms with E-state index in [2.05, 4.69) is 10.9 Å². The number of nitrogens with one attached hydrogen (secondary N) is 1. The zero-order chi connectivity index (χ0) is 24.6. The highest BCUT2D eigenvalue weighted by atomic mass is 19.4. The van der Waals surface area contributed by atoms with Crippen LogP contribution in [-0.4, -0.2) is 38.5 Å². The summed E-state index contributed by atoms with van der Waals surface area (Å²) >= 11 is 0. The third-order valence-corrected chi connectivity index (χ3v) is 5.11. The van der Waals surface area contributed by atoms with Crippen LogP contribution in [0.15, 0.2) is 35.3 Å². The van der Waals surface area contributed by atoms with Gasteiger partial charge in [0.05, 0.1) is 24.3 Å². The Hall–Kier alpha value is -3.55. The lowest BCUT2D eigenvalue weighted by Gasteiger charge is -2.26. The molecule has 3 aromatic rings. The predicted octanol–water partition coefficient (Wildman–Crippen LogP) is 2.65. The van der Waals surface area contributed by atoms with Crippen molar-refractivity contribution in [3.8, 4) is 11.8 Å². The summed E-state index contributed by atoms with van der Waals surface area (Å²) in [5.41, 5.74) is -4.35. The molecule has 2 heterocycles. The average Bonchev–Trinajstić information content (AvgIpc) is 3.12. The Morgan fingerprint density at radius 2 is 2.00 bits per heavy atom. The second-order valence-corrected chi connectivity index (χ2v) is 7.37. The topological polar surface area (TPSA) is 105 Å². The van der Waals surface area contributed by atoms with E-state index in [0.717, 1.165) is 16.7 Å². The van der Waals surface area contributed by atoms with Gasteiger partial charge in [-0.25, -0.2) is 4.79 Å². The Morgan fingerprint density at radius 1 is 1.30 bits per heavy atom. The number of aryl methyl sites for hydroxylation is 2. The highest BCUT2D eigenvalue weighted by Gasteiger charge is 2.54. The summed E-state index contributed by atoms with van der Waals surface area (Å²) in [4.78, 5) is 27.8. The number of nitrogens with zero attached hydrogens (tertiary/aromatic N) is 1. The third-order valence-electron chi connectivity index (χ3n) is 5.11. The van der Waals surface area contributed by atoms with Gasteiger partial charge < -0.3 is 24.5 Å². The summed E-state index contributed by atoms with van der Waals surface area (Å²) in [5, 5.41) is 19.9. The number of aromatic amines is 1. The molecule has 7 nitrogen and oxygen atoms in total. The lowest BCUT2D eigenvalue weighted by atomic mass is 9.91. The van der Waals surface area contributed by atoms with Gasteiger partial charge in [0.2, 0.25) is 5.60 Å². The van der Waals surface area contributed by atoms with Gasteiger partial charge in [0.15, 0.2) is 0 Å². The summed E-state index contributed by atoms with van der Waals surface area (Å²) in [6, 6.07) is 4.71. The van der Waals surface area contributed by atoms with Crippen molar-refractivity contribution in [2.45, 2.75) is 32.2 Å². The molecule has 0 amide bonds. The Balaban J connectivity index is 2.32. The number of aliphatic hydroxyl groups is 2. The number of aliphatic hydroxyl groups excluding tert-OH is 1. The SMILES string of the molecule is CCOC(=O)c1c(C)[nH]c2c(=O)n(C)cc(C#CC(O)(c3cccc(CO)c3)C(F)(F)F)c12. The molecule has 174 valence electrons. The molecular weight excluding hydrogens is 441 g/mol. The first-order valence-electron chi connectivity index (χ1n) is 9.86. The van der Waals surface area contributed by atoms with E-state index in [1.54, 1.807) is 6.92 Å². The monoisotopic (exact) mass is 462 g/mol. The summed E-state index contributed by atoms with van der Waals surface area (Å²) in [7, 11) is 1.38. The maximum Gasteiger partial charge on any atom is 0.433 e. The zero-order valence-corrected chi connectivity index (χ0v) is 18.0. The molecule has 1 atom stereocenters. The van der Waals surface area contributed by atoms with Crippen LogP contribution >= 0.6 is 0 Å². The molecule has 0 radical (unpaired) electrons. The second kappa shape index (κ2) is 8.77. The van der Waals surface area contributed by atoms with Crippen LogP contribution in [-0.2, 0) is 24.0 Å². The van der Waals surface area contributed by atoms with Gasteiger partial charge in [-0.2, -0.15) is 13.2 Å². The van der Waals surface area contributed by atoms with E-state index in [0.29, 0.717) is 0 Å². The molecule has 3 N–H and O–H groups in total. The molecule has 33 heavy (non-hydrogen) atoms. The quantitative estimate of drug-likeness (QED) is 0.409. The van der Waals surface area contributed by atoms with Crippen LogP contribution in [0.5, 0.6) is 0 Å². The fourth-order valence-corrected chi connectivity index (χ4v) is 3.46. The van der Waals surface area contributed by atoms with Gasteiger partial charge in [-0.05, 0) is 31.4 Å². The molecule has 10 heteroatoms. The lowest BCUT2D eigenvalue weighted by Crippen LogP contribution is -2.41. The second-order valence-electron chi connectivity index (χ2n) is 7.37. The molecule has 2 aromatic heterocycles. The zero-order valence-electron chi connectivity index (χ0n) is 18.0. The summed E-state index contributed by atoms with van der Waals surface area (Å²) < 4.78 is 48.0. The van der Waals surface area contributed by atoms with Crippen LogP contribution in [0.2, 0.25) is 0 Å². The standard InChI is InChI=1S/C23H21F3N2O5/c1-4-33-21(31)17-13(2)27-19-18(17)15(11-28(3)20(19)30)8-9-22(32,23(24,25)26)16-7-5-6-14(10-16)12-29/h5-7,10-11,27,29,32H,4,12H2,1-3H3. The van der Waals surface area contributed by atoms with Crippen LogP contribution < -0.4 is 5.56 Å². The molecule has 0 saturated heterocycles. The largest absolute Gasteiger partial charge is 0.462 e. The van der Waals surface area contributed by atoms with Crippen LogP contribution in [0.4, 0.5) is 13.2 Å². The van der Waals surface area contributed by atoms with Crippen molar-refractivity contribution in [3.05, 3.63) is 68.8 Å². The van der Waals surface area contributed by atoms with Gasteiger partial charge in [-0.1, -0.05) is 24.1 Å². The first-order chi connectivity index (χ1) is 15.4. The molecule has 0 fully saturated rings. The van der Waals surface area contributed by atoms with Crippen molar-refractivity contribution in [2.75, 3.05) is 6.61 Å². The van der Waals surface area contributed by atoms with Crippen LogP contribution in [0.25, 0.3) is 10.9 Å². The number of halogens is 3. The van der Waals surface area contributed by atoms with Crippen molar-refractivity contribution < 1.29 is 32.9 Å². The Kier molecular flexibility index (Phi) is 6.40. The summed E-state index contributed by atoms with van der Waals surface area (Å²) in [5.74, 6) is 3.44. The van der Waals surface area contributed by atoms with E-state index in [1.807, 2.05) is 5.92 Å². The predicted molar refractivity (Wildman–Crippen MR) is 113 cm³/mol. The molecular formula is C23H21F3N2O5. The van der Waals surface area contributed by atoms with Crippen molar-refractivity contribution in [2.24, 2.45) is 7.05 Å². The smallest absolute Gasteiger partial charge is 0.433 e. The molecule has 0 saturated carbocycles. The van der Waals surface area contributed by atoms with E-state index in [-0.39, 0.29) is 39.9 Å². The Bertz CT molecular complexity index is 1340. The van der Waals surface area contributed by atoms with Gasteiger partial charge in [-0.15, -0.1) is 0 Å². The van der Waals surface area contributed by atoms with E-state index < -0.39 is 35.5 Å². The Morgan fingerprint density at radius 3 is 2.61 bits per heavy atom. The highest BCUT2D eigenvalue weighted by Crippen LogP contribution is 2.39. The summed E-state index contributed by atoms with van der Waals surface area (Å²) in [6.07, 6.45) is -4.00. The highest BCUT2D eigenvalue weighted by molar-refractivity contribution is 6.07. The first kappa shape index (κ1) is 24.1. The maximum atomic E-state index is 13.9. The lowest BCUT2D eigenvalue weighted by molar-refractivity contribution is -0.240. The number of pyridine rings is 1. The number of aromatic nitrogens is 2. The van der Waals surface area contributed by atoms with E-state index >= 15 is 0 Å². The molecule has 0 spiro atoms. The molecule has 0 aliphatic heterocycles. The van der Waals surface area contributed by atoms with Gasteiger partial charge in [0.25, 0.3) is 5.56 Å². The number of rotatable bonds is 4. The molecule has 0 bridgehead atoms. The van der Waals surface area contributed by atoms with Gasteiger partial charge in [0, 0.05) is 29.9 Å². The van der Waals surface area contributed by atoms with Crippen molar-refractivity contribution in [1.82, 2.24) is 9.55 Å².